The zero-order chi connectivity index (χ0) is 14.5. The molecule has 1 atom stereocenters. The van der Waals surface area contributed by atoms with Crippen LogP contribution in [0.1, 0.15) is 22.0 Å². The molecule has 0 saturated carbocycles. The number of benzene rings is 1. The highest BCUT2D eigenvalue weighted by molar-refractivity contribution is 5.96. The number of nitrogens with two attached hydrogens (primary N) is 1. The van der Waals surface area contributed by atoms with Crippen LogP contribution in [0.4, 0.5) is 0 Å². The molecule has 0 aliphatic heterocycles. The van der Waals surface area contributed by atoms with Gasteiger partial charge in [-0.25, -0.2) is 9.78 Å². The molecular formula is C14H12N2O4. The third kappa shape index (κ3) is 2.99. The molecule has 6 heteroatoms. The zero-order valence-corrected chi connectivity index (χ0v) is 10.4. The van der Waals surface area contributed by atoms with E-state index in [0.717, 1.165) is 0 Å². The van der Waals surface area contributed by atoms with Crippen LogP contribution in [0.15, 0.2) is 48.7 Å². The van der Waals surface area contributed by atoms with Crippen LogP contribution in [-0.4, -0.2) is 22.0 Å². The highest BCUT2D eigenvalue weighted by atomic mass is 16.6. The molecule has 0 bridgehead atoms. The van der Waals surface area contributed by atoms with Crippen molar-refractivity contribution >= 4 is 11.9 Å². The van der Waals surface area contributed by atoms with Gasteiger partial charge in [-0.2, -0.15) is 0 Å². The van der Waals surface area contributed by atoms with E-state index in [2.05, 4.69) is 4.98 Å². The third-order valence-corrected chi connectivity index (χ3v) is 2.59. The molecule has 1 heterocycles. The van der Waals surface area contributed by atoms with Crippen molar-refractivity contribution in [1.29, 1.82) is 0 Å². The van der Waals surface area contributed by atoms with Gasteiger partial charge in [0, 0.05) is 23.4 Å². The lowest BCUT2D eigenvalue weighted by atomic mass is 10.0. The topological polar surface area (TPSA) is 103 Å². The summed E-state index contributed by atoms with van der Waals surface area (Å²) in [6.45, 7) is 0. The normalized spacial score (nSPS) is 11.7. The average molecular weight is 272 g/mol. The molecule has 0 spiro atoms. The van der Waals surface area contributed by atoms with E-state index >= 15 is 0 Å². The summed E-state index contributed by atoms with van der Waals surface area (Å²) in [6, 6.07) is 10.8. The fraction of sp³-hybridized carbons (Fsp3) is 0.0714. The summed E-state index contributed by atoms with van der Waals surface area (Å²) in [4.78, 5) is 26.9. The van der Waals surface area contributed by atoms with Crippen molar-refractivity contribution in [3.63, 3.8) is 0 Å². The molecule has 1 aromatic heterocycles. The Morgan fingerprint density at radius 2 is 1.85 bits per heavy atom. The maximum atomic E-state index is 11.8. The SMILES string of the molecule is NC(=O)c1ccccc1C(O)C(=O)Oc1ccccn1. The zero-order valence-electron chi connectivity index (χ0n) is 10.4. The number of aliphatic hydroxyl groups is 1. The molecule has 3 N–H and O–H groups in total. The van der Waals surface area contributed by atoms with Gasteiger partial charge in [-0.05, 0) is 12.1 Å². The van der Waals surface area contributed by atoms with Crippen LogP contribution in [0, 0.1) is 0 Å². The number of amides is 1. The van der Waals surface area contributed by atoms with Gasteiger partial charge < -0.3 is 15.6 Å². The second-order valence-corrected chi connectivity index (χ2v) is 3.94. The summed E-state index contributed by atoms with van der Waals surface area (Å²) >= 11 is 0. The van der Waals surface area contributed by atoms with Gasteiger partial charge in [-0.15, -0.1) is 0 Å². The standard InChI is InChI=1S/C14H12N2O4/c15-13(18)10-6-2-1-5-9(10)12(17)14(19)20-11-7-3-4-8-16-11/h1-8,12,17H,(H2,15,18). The largest absolute Gasteiger partial charge is 0.405 e. The first-order chi connectivity index (χ1) is 9.59. The predicted octanol–water partition coefficient (Wildman–Crippen LogP) is 0.819. The Balaban J connectivity index is 2.21. The van der Waals surface area contributed by atoms with Crippen LogP contribution in [0.2, 0.25) is 0 Å². The third-order valence-electron chi connectivity index (χ3n) is 2.59. The number of ether oxygens (including phenoxy) is 1. The first-order valence-corrected chi connectivity index (χ1v) is 5.79. The maximum absolute atomic E-state index is 11.8. The van der Waals surface area contributed by atoms with Crippen LogP contribution in [0.25, 0.3) is 0 Å². The summed E-state index contributed by atoms with van der Waals surface area (Å²) in [5.74, 6) is -1.60. The molecule has 20 heavy (non-hydrogen) atoms. The Bertz CT molecular complexity index is 628. The number of primary amides is 1. The van der Waals surface area contributed by atoms with E-state index in [4.69, 9.17) is 10.5 Å². The molecule has 0 fully saturated rings. The summed E-state index contributed by atoms with van der Waals surface area (Å²) in [6.07, 6.45) is -0.160. The van der Waals surface area contributed by atoms with E-state index in [1.165, 1.54) is 24.4 Å². The van der Waals surface area contributed by atoms with Gasteiger partial charge in [0.15, 0.2) is 6.10 Å². The number of hydrogen-bond acceptors (Lipinski definition) is 5. The fourth-order valence-electron chi connectivity index (χ4n) is 1.65. The number of carbonyl (C=O) groups excluding carboxylic acids is 2. The summed E-state index contributed by atoms with van der Waals surface area (Å²) < 4.78 is 4.91. The predicted molar refractivity (Wildman–Crippen MR) is 69.8 cm³/mol. The number of hydrogen-bond donors (Lipinski definition) is 2. The lowest BCUT2D eigenvalue weighted by Gasteiger charge is -2.12. The van der Waals surface area contributed by atoms with Crippen molar-refractivity contribution in [3.05, 3.63) is 59.8 Å². The van der Waals surface area contributed by atoms with Gasteiger partial charge in [0.1, 0.15) is 0 Å². The number of aliphatic hydroxyl groups excluding tert-OH is 1. The van der Waals surface area contributed by atoms with Gasteiger partial charge in [-0.1, -0.05) is 24.3 Å². The van der Waals surface area contributed by atoms with Crippen LogP contribution in [-0.2, 0) is 4.79 Å². The lowest BCUT2D eigenvalue weighted by Crippen LogP contribution is -2.23. The highest BCUT2D eigenvalue weighted by Crippen LogP contribution is 2.20. The second-order valence-electron chi connectivity index (χ2n) is 3.94. The quantitative estimate of drug-likeness (QED) is 0.802. The molecule has 1 aromatic carbocycles. The Kier molecular flexibility index (Phi) is 4.07. The number of rotatable bonds is 4. The number of aromatic nitrogens is 1. The van der Waals surface area contributed by atoms with E-state index in [0.29, 0.717) is 0 Å². The van der Waals surface area contributed by atoms with Gasteiger partial charge >= 0.3 is 5.97 Å². The molecule has 102 valence electrons. The summed E-state index contributed by atoms with van der Waals surface area (Å²) in [7, 11) is 0. The first-order valence-electron chi connectivity index (χ1n) is 5.79. The Morgan fingerprint density at radius 3 is 2.50 bits per heavy atom. The van der Waals surface area contributed by atoms with E-state index in [-0.39, 0.29) is 17.0 Å². The van der Waals surface area contributed by atoms with Gasteiger partial charge in [0.25, 0.3) is 0 Å². The molecule has 0 aliphatic rings. The van der Waals surface area contributed by atoms with Gasteiger partial charge in [0.2, 0.25) is 11.8 Å². The van der Waals surface area contributed by atoms with Gasteiger partial charge in [0.05, 0.1) is 0 Å². The first kappa shape index (κ1) is 13.7. The van der Waals surface area contributed by atoms with Crippen LogP contribution in [0.5, 0.6) is 5.88 Å². The van der Waals surface area contributed by atoms with Crippen LogP contribution < -0.4 is 10.5 Å². The molecule has 0 aliphatic carbocycles. The Morgan fingerprint density at radius 1 is 1.15 bits per heavy atom. The molecule has 6 nitrogen and oxygen atoms in total. The van der Waals surface area contributed by atoms with Crippen LogP contribution >= 0.6 is 0 Å². The second kappa shape index (κ2) is 5.94. The smallest absolute Gasteiger partial charge is 0.346 e. The summed E-state index contributed by atoms with van der Waals surface area (Å²) in [5, 5.41) is 9.97. The minimum absolute atomic E-state index is 0.0631. The van der Waals surface area contributed by atoms with Crippen molar-refractivity contribution in [2.24, 2.45) is 5.73 Å². The molecule has 0 saturated heterocycles. The van der Waals surface area contributed by atoms with Crippen molar-refractivity contribution in [2.75, 3.05) is 0 Å². The van der Waals surface area contributed by atoms with Crippen molar-refractivity contribution in [2.45, 2.75) is 6.10 Å². The monoisotopic (exact) mass is 272 g/mol. The molecule has 2 aromatic rings. The number of carbonyl (C=O) groups is 2. The summed E-state index contributed by atoms with van der Waals surface area (Å²) in [5.41, 5.74) is 5.36. The number of pyridine rings is 1. The molecular weight excluding hydrogens is 260 g/mol. The van der Waals surface area contributed by atoms with Gasteiger partial charge in [-0.3, -0.25) is 4.79 Å². The Labute approximate surface area is 114 Å². The van der Waals surface area contributed by atoms with Crippen molar-refractivity contribution in [3.8, 4) is 5.88 Å². The molecule has 2 rings (SSSR count). The van der Waals surface area contributed by atoms with Crippen molar-refractivity contribution in [1.82, 2.24) is 4.98 Å². The maximum Gasteiger partial charge on any atom is 0.346 e. The molecule has 1 amide bonds. The fourth-order valence-corrected chi connectivity index (χ4v) is 1.65. The van der Waals surface area contributed by atoms with E-state index in [9.17, 15) is 14.7 Å². The van der Waals surface area contributed by atoms with E-state index in [1.807, 2.05) is 0 Å². The highest BCUT2D eigenvalue weighted by Gasteiger charge is 2.24. The Hall–Kier alpha value is -2.73. The average Bonchev–Trinajstić information content (AvgIpc) is 2.47. The van der Waals surface area contributed by atoms with E-state index < -0.39 is 18.0 Å². The van der Waals surface area contributed by atoms with Crippen LogP contribution in [0.3, 0.4) is 0 Å². The minimum Gasteiger partial charge on any atom is -0.405 e. The molecule has 1 unspecified atom stereocenters. The number of esters is 1. The molecule has 0 radical (unpaired) electrons. The number of nitrogens with zero attached hydrogens (tertiary/aromatic N) is 1. The lowest BCUT2D eigenvalue weighted by molar-refractivity contribution is -0.144. The van der Waals surface area contributed by atoms with Crippen molar-refractivity contribution < 1.29 is 19.4 Å². The minimum atomic E-state index is -1.61. The van der Waals surface area contributed by atoms with E-state index in [1.54, 1.807) is 24.3 Å².